The third-order valence-electron chi connectivity index (χ3n) is 3.10. The number of benzene rings is 2. The summed E-state index contributed by atoms with van der Waals surface area (Å²) in [5.74, 6) is 1.09. The minimum Gasteiger partial charge on any atom is -0.489 e. The number of ether oxygens (including phenoxy) is 3. The second-order valence-corrected chi connectivity index (χ2v) is 4.95. The van der Waals surface area contributed by atoms with Gasteiger partial charge in [0, 0.05) is 6.08 Å². The first-order valence-corrected chi connectivity index (χ1v) is 7.37. The van der Waals surface area contributed by atoms with Gasteiger partial charge in [0.1, 0.15) is 24.2 Å². The smallest absolute Gasteiger partial charge is 0.330 e. The second-order valence-electron chi connectivity index (χ2n) is 4.95. The van der Waals surface area contributed by atoms with E-state index in [9.17, 15) is 4.79 Å². The van der Waals surface area contributed by atoms with Crippen LogP contribution in [0, 0.1) is 0 Å². The lowest BCUT2D eigenvalue weighted by Crippen LogP contribution is -2.09. The van der Waals surface area contributed by atoms with E-state index in [1.54, 1.807) is 6.08 Å². The van der Waals surface area contributed by atoms with Gasteiger partial charge in [-0.2, -0.15) is 0 Å². The number of carbonyl (C=O) groups is 1. The molecule has 0 N–H and O–H groups in total. The summed E-state index contributed by atoms with van der Waals surface area (Å²) in [7, 11) is 1.34. The van der Waals surface area contributed by atoms with Crippen LogP contribution < -0.4 is 9.47 Å². The monoisotopic (exact) mass is 312 g/mol. The minimum absolute atomic E-state index is 0.231. The number of hydrogen-bond donors (Lipinski definition) is 0. The first kappa shape index (κ1) is 16.6. The molecule has 2 aromatic carbocycles. The normalized spacial score (nSPS) is 11.9. The zero-order valence-corrected chi connectivity index (χ0v) is 13.3. The van der Waals surface area contributed by atoms with Crippen molar-refractivity contribution in [3.63, 3.8) is 0 Å². The van der Waals surface area contributed by atoms with Gasteiger partial charge in [0.05, 0.1) is 7.11 Å². The summed E-state index contributed by atoms with van der Waals surface area (Å²) in [5, 5.41) is 0. The Morgan fingerprint density at radius 3 is 2.35 bits per heavy atom. The highest BCUT2D eigenvalue weighted by atomic mass is 16.5. The van der Waals surface area contributed by atoms with Crippen LogP contribution in [-0.4, -0.2) is 19.2 Å². The molecule has 0 heterocycles. The molecule has 0 aliphatic heterocycles. The van der Waals surface area contributed by atoms with Gasteiger partial charge in [0.2, 0.25) is 0 Å². The van der Waals surface area contributed by atoms with Crippen LogP contribution in [0.1, 0.15) is 12.5 Å². The van der Waals surface area contributed by atoms with Crippen molar-refractivity contribution in [1.82, 2.24) is 0 Å². The molecule has 0 saturated carbocycles. The lowest BCUT2D eigenvalue weighted by atomic mass is 10.2. The number of methoxy groups -OCH3 is 1. The van der Waals surface area contributed by atoms with Crippen molar-refractivity contribution in [2.45, 2.75) is 19.6 Å². The molecule has 2 aromatic rings. The summed E-state index contributed by atoms with van der Waals surface area (Å²) in [6.45, 7) is 2.37. The van der Waals surface area contributed by atoms with Gasteiger partial charge in [0.25, 0.3) is 0 Å². The fourth-order valence-electron chi connectivity index (χ4n) is 1.89. The maximum Gasteiger partial charge on any atom is 0.330 e. The Bertz CT molecular complexity index is 632. The van der Waals surface area contributed by atoms with Crippen LogP contribution in [0.3, 0.4) is 0 Å². The molecule has 0 saturated heterocycles. The second kappa shape index (κ2) is 8.63. The van der Waals surface area contributed by atoms with Gasteiger partial charge >= 0.3 is 5.97 Å². The van der Waals surface area contributed by atoms with Crippen molar-refractivity contribution < 1.29 is 19.0 Å². The summed E-state index contributed by atoms with van der Waals surface area (Å²) < 4.78 is 15.9. The van der Waals surface area contributed by atoms with Crippen molar-refractivity contribution >= 4 is 5.97 Å². The van der Waals surface area contributed by atoms with Crippen molar-refractivity contribution in [2.75, 3.05) is 7.11 Å². The molecule has 0 aliphatic carbocycles. The van der Waals surface area contributed by atoms with Crippen molar-refractivity contribution in [3.05, 3.63) is 72.3 Å². The molecule has 4 heteroatoms. The molecule has 1 atom stereocenters. The largest absolute Gasteiger partial charge is 0.489 e. The molecule has 0 radical (unpaired) electrons. The third-order valence-corrected chi connectivity index (χ3v) is 3.10. The average molecular weight is 312 g/mol. The van der Waals surface area contributed by atoms with Crippen LogP contribution in [0.4, 0.5) is 0 Å². The van der Waals surface area contributed by atoms with Crippen LogP contribution in [0.5, 0.6) is 11.5 Å². The molecule has 0 amide bonds. The van der Waals surface area contributed by atoms with E-state index in [4.69, 9.17) is 9.47 Å². The minimum atomic E-state index is -0.398. The van der Waals surface area contributed by atoms with E-state index in [0.717, 1.165) is 11.3 Å². The van der Waals surface area contributed by atoms with Crippen molar-refractivity contribution in [1.29, 1.82) is 0 Å². The standard InChI is InChI=1S/C19H20O4/c1-15(8-13-19(20)21-2)23-18-11-9-17(10-12-18)22-14-16-6-4-3-5-7-16/h3-13,15H,14H2,1-2H3/b13-8+. The summed E-state index contributed by atoms with van der Waals surface area (Å²) in [4.78, 5) is 11.0. The van der Waals surface area contributed by atoms with E-state index in [2.05, 4.69) is 4.74 Å². The summed E-state index contributed by atoms with van der Waals surface area (Å²) in [6, 6.07) is 17.4. The van der Waals surface area contributed by atoms with E-state index in [0.29, 0.717) is 12.4 Å². The Balaban J connectivity index is 1.84. The predicted octanol–water partition coefficient (Wildman–Crippen LogP) is 3.76. The van der Waals surface area contributed by atoms with Crippen molar-refractivity contribution in [2.24, 2.45) is 0 Å². The zero-order valence-electron chi connectivity index (χ0n) is 13.3. The first-order valence-electron chi connectivity index (χ1n) is 7.37. The van der Waals surface area contributed by atoms with E-state index in [-0.39, 0.29) is 6.10 Å². The number of esters is 1. The zero-order chi connectivity index (χ0) is 16.5. The molecule has 0 aromatic heterocycles. The Kier molecular flexibility index (Phi) is 6.24. The van der Waals surface area contributed by atoms with Gasteiger partial charge < -0.3 is 14.2 Å². The Hall–Kier alpha value is -2.75. The van der Waals surface area contributed by atoms with Gasteiger partial charge in [-0.3, -0.25) is 0 Å². The molecule has 0 spiro atoms. The van der Waals surface area contributed by atoms with Crippen LogP contribution in [0.2, 0.25) is 0 Å². The SMILES string of the molecule is COC(=O)/C=C/C(C)Oc1ccc(OCc2ccccc2)cc1. The van der Waals surface area contributed by atoms with Gasteiger partial charge in [-0.05, 0) is 42.8 Å². The number of carbonyl (C=O) groups excluding carboxylic acids is 1. The molecular formula is C19H20O4. The van der Waals surface area contributed by atoms with Crippen LogP contribution in [0.15, 0.2) is 66.7 Å². The highest BCUT2D eigenvalue weighted by molar-refractivity contribution is 5.81. The molecule has 0 fully saturated rings. The van der Waals surface area contributed by atoms with Crippen LogP contribution >= 0.6 is 0 Å². The molecule has 0 aliphatic rings. The van der Waals surface area contributed by atoms with Crippen LogP contribution in [-0.2, 0) is 16.1 Å². The van der Waals surface area contributed by atoms with Gasteiger partial charge in [0.15, 0.2) is 0 Å². The highest BCUT2D eigenvalue weighted by Gasteiger charge is 2.02. The van der Waals surface area contributed by atoms with E-state index < -0.39 is 5.97 Å². The maximum absolute atomic E-state index is 11.0. The van der Waals surface area contributed by atoms with Gasteiger partial charge in [-0.1, -0.05) is 30.3 Å². The van der Waals surface area contributed by atoms with E-state index in [1.165, 1.54) is 13.2 Å². The third kappa shape index (κ3) is 5.87. The van der Waals surface area contributed by atoms with Crippen LogP contribution in [0.25, 0.3) is 0 Å². The topological polar surface area (TPSA) is 44.8 Å². The fraction of sp³-hybridized carbons (Fsp3) is 0.211. The lowest BCUT2D eigenvalue weighted by Gasteiger charge is -2.12. The van der Waals surface area contributed by atoms with Gasteiger partial charge in [-0.25, -0.2) is 4.79 Å². The lowest BCUT2D eigenvalue weighted by molar-refractivity contribution is -0.134. The molecule has 120 valence electrons. The molecule has 1 unspecified atom stereocenters. The Morgan fingerprint density at radius 2 is 1.70 bits per heavy atom. The fourth-order valence-corrected chi connectivity index (χ4v) is 1.89. The van der Waals surface area contributed by atoms with Gasteiger partial charge in [-0.15, -0.1) is 0 Å². The Labute approximate surface area is 136 Å². The highest BCUT2D eigenvalue weighted by Crippen LogP contribution is 2.19. The average Bonchev–Trinajstić information content (AvgIpc) is 2.60. The molecule has 4 nitrogen and oxygen atoms in total. The molecule has 0 bridgehead atoms. The predicted molar refractivity (Wildman–Crippen MR) is 88.5 cm³/mol. The van der Waals surface area contributed by atoms with E-state index in [1.807, 2.05) is 61.5 Å². The summed E-state index contributed by atoms with van der Waals surface area (Å²) >= 11 is 0. The summed E-state index contributed by atoms with van der Waals surface area (Å²) in [6.07, 6.45) is 2.76. The quantitative estimate of drug-likeness (QED) is 0.577. The molecular weight excluding hydrogens is 292 g/mol. The first-order chi connectivity index (χ1) is 11.2. The van der Waals surface area contributed by atoms with Crippen molar-refractivity contribution in [3.8, 4) is 11.5 Å². The molecule has 23 heavy (non-hydrogen) atoms. The summed E-state index contributed by atoms with van der Waals surface area (Å²) in [5.41, 5.74) is 1.12. The molecule has 2 rings (SSSR count). The number of hydrogen-bond acceptors (Lipinski definition) is 4. The Morgan fingerprint density at radius 1 is 1.04 bits per heavy atom. The van der Waals surface area contributed by atoms with E-state index >= 15 is 0 Å². The number of rotatable bonds is 7. The maximum atomic E-state index is 11.0.